The summed E-state index contributed by atoms with van der Waals surface area (Å²) in [6.07, 6.45) is 2.64. The Morgan fingerprint density at radius 1 is 1.09 bits per heavy atom. The first kappa shape index (κ1) is 16.8. The van der Waals surface area contributed by atoms with Crippen LogP contribution in [0.3, 0.4) is 0 Å². The molecule has 8 heteroatoms. The first-order valence-electron chi connectivity index (χ1n) is 7.30. The van der Waals surface area contributed by atoms with Gasteiger partial charge in [0.15, 0.2) is 0 Å². The molecule has 0 amide bonds. The van der Waals surface area contributed by atoms with Crippen molar-refractivity contribution in [1.82, 2.24) is 3.97 Å². The van der Waals surface area contributed by atoms with Crippen molar-refractivity contribution in [2.75, 3.05) is 6.26 Å². The number of aromatic nitrogens is 1. The van der Waals surface area contributed by atoms with Crippen LogP contribution in [0.4, 0.5) is 0 Å². The quantitative estimate of drug-likeness (QED) is 0.776. The molecule has 2 heterocycles. The normalized spacial score (nSPS) is 20.3. The molecule has 0 atom stereocenters. The maximum Gasteiger partial charge on any atom is 0.495 e. The van der Waals surface area contributed by atoms with Gasteiger partial charge in [-0.1, -0.05) is 17.7 Å². The van der Waals surface area contributed by atoms with Crippen LogP contribution in [0.15, 0.2) is 24.4 Å². The Bertz CT molecular complexity index is 872. The van der Waals surface area contributed by atoms with Gasteiger partial charge in [0.25, 0.3) is 0 Å². The molecule has 1 aromatic carbocycles. The molecule has 2 aromatic rings. The minimum Gasteiger partial charge on any atom is -0.399 e. The Morgan fingerprint density at radius 3 is 2.17 bits per heavy atom. The highest BCUT2D eigenvalue weighted by molar-refractivity contribution is 7.89. The number of hydrogen-bond donors (Lipinski definition) is 0. The SMILES string of the molecule is CC1(C)OB(c2ccc(Cl)c3c2ccn3S(C)(=O)=O)OC1(C)C. The Morgan fingerprint density at radius 2 is 1.65 bits per heavy atom. The Labute approximate surface area is 141 Å². The largest absolute Gasteiger partial charge is 0.495 e. The fraction of sp³-hybridized carbons (Fsp3) is 0.467. The van der Waals surface area contributed by atoms with Gasteiger partial charge in [0.2, 0.25) is 10.0 Å². The first-order valence-corrected chi connectivity index (χ1v) is 9.52. The second-order valence-corrected chi connectivity index (χ2v) is 9.13. The molecule has 3 rings (SSSR count). The van der Waals surface area contributed by atoms with Crippen LogP contribution < -0.4 is 5.46 Å². The van der Waals surface area contributed by atoms with Gasteiger partial charge in [-0.15, -0.1) is 0 Å². The van der Waals surface area contributed by atoms with Crippen LogP contribution in [0.1, 0.15) is 27.7 Å². The van der Waals surface area contributed by atoms with Gasteiger partial charge >= 0.3 is 7.12 Å². The zero-order valence-corrected chi connectivity index (χ0v) is 15.3. The van der Waals surface area contributed by atoms with Gasteiger partial charge in [-0.25, -0.2) is 12.4 Å². The molecular formula is C15H19BClNO4S. The number of nitrogens with zero attached hydrogens (tertiary/aromatic N) is 1. The average Bonchev–Trinajstić information content (AvgIpc) is 2.90. The van der Waals surface area contributed by atoms with Crippen molar-refractivity contribution in [3.05, 3.63) is 29.4 Å². The van der Waals surface area contributed by atoms with E-state index >= 15 is 0 Å². The molecule has 0 N–H and O–H groups in total. The van der Waals surface area contributed by atoms with Crippen LogP contribution in [0.25, 0.3) is 10.9 Å². The maximum atomic E-state index is 11.9. The Hall–Kier alpha value is -1.02. The van der Waals surface area contributed by atoms with Crippen LogP contribution in [0.5, 0.6) is 0 Å². The number of benzene rings is 1. The molecule has 0 unspecified atom stereocenters. The fourth-order valence-electron chi connectivity index (χ4n) is 2.66. The Balaban J connectivity index is 2.19. The van der Waals surface area contributed by atoms with Crippen LogP contribution in [0.2, 0.25) is 5.02 Å². The minimum absolute atomic E-state index is 0.371. The van der Waals surface area contributed by atoms with E-state index in [0.717, 1.165) is 11.7 Å². The van der Waals surface area contributed by atoms with Crippen molar-refractivity contribution < 1.29 is 17.7 Å². The summed E-state index contributed by atoms with van der Waals surface area (Å²) in [7, 11) is -4.02. The lowest BCUT2D eigenvalue weighted by atomic mass is 9.77. The van der Waals surface area contributed by atoms with Gasteiger partial charge in [0.1, 0.15) is 0 Å². The van der Waals surface area contributed by atoms with Crippen molar-refractivity contribution in [2.24, 2.45) is 0 Å². The lowest BCUT2D eigenvalue weighted by Crippen LogP contribution is -2.41. The van der Waals surface area contributed by atoms with E-state index < -0.39 is 28.3 Å². The average molecular weight is 356 g/mol. The number of halogens is 1. The fourth-order valence-corrected chi connectivity index (χ4v) is 3.78. The van der Waals surface area contributed by atoms with E-state index in [1.165, 1.54) is 10.2 Å². The molecule has 0 radical (unpaired) electrons. The minimum atomic E-state index is -3.44. The molecule has 5 nitrogen and oxygen atoms in total. The molecule has 0 spiro atoms. The van der Waals surface area contributed by atoms with Gasteiger partial charge in [-0.3, -0.25) is 0 Å². The maximum absolute atomic E-state index is 11.9. The zero-order valence-electron chi connectivity index (χ0n) is 13.8. The molecule has 1 aromatic heterocycles. The summed E-state index contributed by atoms with van der Waals surface area (Å²) in [6, 6.07) is 5.22. The monoisotopic (exact) mass is 355 g/mol. The smallest absolute Gasteiger partial charge is 0.399 e. The number of hydrogen-bond acceptors (Lipinski definition) is 4. The van der Waals surface area contributed by atoms with E-state index in [0.29, 0.717) is 15.9 Å². The molecule has 1 aliphatic heterocycles. The first-order chi connectivity index (χ1) is 10.4. The molecule has 0 bridgehead atoms. The highest BCUT2D eigenvalue weighted by Crippen LogP contribution is 2.37. The van der Waals surface area contributed by atoms with Gasteiger partial charge in [0, 0.05) is 11.6 Å². The zero-order chi connectivity index (χ0) is 17.2. The van der Waals surface area contributed by atoms with E-state index in [9.17, 15) is 8.42 Å². The van der Waals surface area contributed by atoms with Crippen molar-refractivity contribution in [3.63, 3.8) is 0 Å². The molecule has 124 valence electrons. The summed E-state index contributed by atoms with van der Waals surface area (Å²) in [5.74, 6) is 0. The van der Waals surface area contributed by atoms with E-state index in [2.05, 4.69) is 0 Å². The lowest BCUT2D eigenvalue weighted by molar-refractivity contribution is 0.00578. The summed E-state index contributed by atoms with van der Waals surface area (Å²) in [4.78, 5) is 0. The summed E-state index contributed by atoms with van der Waals surface area (Å²) in [5.41, 5.74) is 0.276. The molecule has 1 aliphatic rings. The molecule has 0 aliphatic carbocycles. The van der Waals surface area contributed by atoms with Gasteiger partial charge in [-0.2, -0.15) is 0 Å². The summed E-state index contributed by atoms with van der Waals surface area (Å²) in [6.45, 7) is 7.90. The third-order valence-corrected chi connectivity index (χ3v) is 5.99. The standard InChI is InChI=1S/C15H19BClNO4S/c1-14(2)15(3,4)22-16(21-14)11-6-7-12(17)13-10(11)8-9-18(13)23(5,19)20/h6-9H,1-5H3. The number of rotatable bonds is 2. The van der Waals surface area contributed by atoms with Crippen LogP contribution >= 0.6 is 11.6 Å². The Kier molecular flexibility index (Phi) is 3.65. The second-order valence-electron chi connectivity index (χ2n) is 6.86. The van der Waals surface area contributed by atoms with Crippen molar-refractivity contribution in [1.29, 1.82) is 0 Å². The van der Waals surface area contributed by atoms with E-state index in [-0.39, 0.29) is 0 Å². The highest BCUT2D eigenvalue weighted by Gasteiger charge is 2.52. The van der Waals surface area contributed by atoms with Gasteiger partial charge < -0.3 is 9.31 Å². The molecular weight excluding hydrogens is 337 g/mol. The molecule has 0 saturated carbocycles. The molecule has 1 saturated heterocycles. The highest BCUT2D eigenvalue weighted by atomic mass is 35.5. The predicted molar refractivity (Wildman–Crippen MR) is 92.9 cm³/mol. The van der Waals surface area contributed by atoms with Gasteiger partial charge in [-0.05, 0) is 45.3 Å². The summed E-state index contributed by atoms with van der Waals surface area (Å²) < 4.78 is 37.2. The third-order valence-electron chi connectivity index (χ3n) is 4.66. The third kappa shape index (κ3) is 2.60. The van der Waals surface area contributed by atoms with Crippen molar-refractivity contribution >= 4 is 45.1 Å². The van der Waals surface area contributed by atoms with E-state index in [1.807, 2.05) is 33.8 Å². The van der Waals surface area contributed by atoms with Gasteiger partial charge in [0.05, 0.1) is 28.0 Å². The van der Waals surface area contributed by atoms with E-state index in [4.69, 9.17) is 20.9 Å². The molecule has 23 heavy (non-hydrogen) atoms. The van der Waals surface area contributed by atoms with Crippen LogP contribution in [-0.4, -0.2) is 37.0 Å². The van der Waals surface area contributed by atoms with Crippen LogP contribution in [0, 0.1) is 0 Å². The lowest BCUT2D eigenvalue weighted by Gasteiger charge is -2.32. The van der Waals surface area contributed by atoms with Crippen molar-refractivity contribution in [2.45, 2.75) is 38.9 Å². The predicted octanol–water partition coefficient (Wildman–Crippen LogP) is 2.40. The molecule has 1 fully saturated rings. The number of fused-ring (bicyclic) bond motifs is 1. The summed E-state index contributed by atoms with van der Waals surface area (Å²) >= 11 is 6.23. The van der Waals surface area contributed by atoms with Crippen molar-refractivity contribution in [3.8, 4) is 0 Å². The van der Waals surface area contributed by atoms with E-state index in [1.54, 1.807) is 12.1 Å². The van der Waals surface area contributed by atoms with Crippen LogP contribution in [-0.2, 0) is 19.3 Å². The topological polar surface area (TPSA) is 57.5 Å². The summed E-state index contributed by atoms with van der Waals surface area (Å²) in [5, 5.41) is 1.08. The second kappa shape index (κ2) is 4.99.